The molecular formula is C24H37N7O14. The molecule has 0 aliphatic carbocycles. The smallest absolute Gasteiger partial charge is 0.326 e. The van der Waals surface area contributed by atoms with Crippen molar-refractivity contribution in [2.75, 3.05) is 0 Å². The second kappa shape index (κ2) is 19.0. The van der Waals surface area contributed by atoms with Gasteiger partial charge >= 0.3 is 23.9 Å². The molecule has 0 unspecified atom stereocenters. The zero-order valence-corrected chi connectivity index (χ0v) is 24.2. The van der Waals surface area contributed by atoms with Crippen molar-refractivity contribution in [3.05, 3.63) is 0 Å². The van der Waals surface area contributed by atoms with Crippen LogP contribution in [0.2, 0.25) is 0 Å². The van der Waals surface area contributed by atoms with Crippen LogP contribution in [0, 0.1) is 0 Å². The first-order chi connectivity index (χ1) is 20.7. The fraction of sp³-hybridized carbons (Fsp3) is 0.583. The van der Waals surface area contributed by atoms with E-state index in [2.05, 4.69) is 21.3 Å². The summed E-state index contributed by atoms with van der Waals surface area (Å²) < 4.78 is 0. The Bertz CT molecular complexity index is 1180. The number of carboxylic acids is 4. The lowest BCUT2D eigenvalue weighted by Gasteiger charge is -2.24. The third kappa shape index (κ3) is 16.2. The summed E-state index contributed by atoms with van der Waals surface area (Å²) in [7, 11) is 0. The van der Waals surface area contributed by atoms with Crippen LogP contribution in [0.5, 0.6) is 0 Å². The highest BCUT2D eigenvalue weighted by atomic mass is 16.4. The zero-order chi connectivity index (χ0) is 35.0. The molecule has 0 aromatic heterocycles. The molecule has 0 spiro atoms. The molecule has 6 amide bonds. The van der Waals surface area contributed by atoms with Gasteiger partial charge < -0.3 is 58.5 Å². The number of nitrogens with one attached hydrogen (secondary N) is 5. The molecule has 0 aromatic carbocycles. The van der Waals surface area contributed by atoms with Crippen LogP contribution >= 0.6 is 0 Å². The summed E-state index contributed by atoms with van der Waals surface area (Å²) in [5.74, 6) is -12.1. The number of hydrogen-bond acceptors (Lipinski definition) is 11. The van der Waals surface area contributed by atoms with Crippen LogP contribution < -0.4 is 38.1 Å². The van der Waals surface area contributed by atoms with Gasteiger partial charge in [0.25, 0.3) is 0 Å². The largest absolute Gasteiger partial charge is 0.481 e. The van der Waals surface area contributed by atoms with Gasteiger partial charge in [-0.15, -0.1) is 0 Å². The Kier molecular flexibility index (Phi) is 16.8. The van der Waals surface area contributed by atoms with Gasteiger partial charge in [0.05, 0.1) is 18.9 Å². The van der Waals surface area contributed by atoms with Gasteiger partial charge in [0.1, 0.15) is 30.2 Å². The minimum atomic E-state index is -1.81. The highest BCUT2D eigenvalue weighted by molar-refractivity contribution is 5.97. The van der Waals surface area contributed by atoms with Gasteiger partial charge in [0.15, 0.2) is 0 Å². The van der Waals surface area contributed by atoms with E-state index in [4.69, 9.17) is 26.8 Å². The normalized spacial score (nSPS) is 14.6. The average molecular weight is 648 g/mol. The Labute approximate surface area is 254 Å². The Morgan fingerprint density at radius 2 is 0.956 bits per heavy atom. The number of hydrogen-bond donors (Lipinski definition) is 11. The van der Waals surface area contributed by atoms with E-state index in [1.54, 1.807) is 0 Å². The quantitative estimate of drug-likeness (QED) is 0.0555. The van der Waals surface area contributed by atoms with Crippen LogP contribution in [0.3, 0.4) is 0 Å². The van der Waals surface area contributed by atoms with E-state index in [-0.39, 0.29) is 0 Å². The van der Waals surface area contributed by atoms with Crippen molar-refractivity contribution >= 4 is 59.3 Å². The van der Waals surface area contributed by atoms with Gasteiger partial charge in [0, 0.05) is 12.8 Å². The van der Waals surface area contributed by atoms with E-state index < -0.39 is 134 Å². The van der Waals surface area contributed by atoms with Crippen LogP contribution in [-0.4, -0.2) is 116 Å². The van der Waals surface area contributed by atoms with E-state index in [1.807, 2.05) is 5.32 Å². The number of aliphatic carboxylic acids is 4. The number of amides is 6. The Balaban J connectivity index is 5.43. The molecule has 0 radical (unpaired) electrons. The number of nitrogens with two attached hydrogens (primary N) is 2. The molecule has 0 fully saturated rings. The van der Waals surface area contributed by atoms with Crippen LogP contribution in [-0.2, 0) is 47.9 Å². The van der Waals surface area contributed by atoms with Crippen molar-refractivity contribution < 1.29 is 68.4 Å². The van der Waals surface area contributed by atoms with Gasteiger partial charge in [-0.25, -0.2) is 4.79 Å². The van der Waals surface area contributed by atoms with Crippen molar-refractivity contribution in [2.24, 2.45) is 11.5 Å². The molecule has 21 nitrogen and oxygen atoms in total. The Morgan fingerprint density at radius 1 is 0.533 bits per heavy atom. The molecule has 0 saturated carbocycles. The monoisotopic (exact) mass is 647 g/mol. The van der Waals surface area contributed by atoms with E-state index in [1.165, 1.54) is 0 Å². The fourth-order valence-corrected chi connectivity index (χ4v) is 3.38. The van der Waals surface area contributed by atoms with E-state index in [0.29, 0.717) is 0 Å². The summed E-state index contributed by atoms with van der Waals surface area (Å²) in [6.07, 6.45) is -3.69. The number of carbonyl (C=O) groups excluding carboxylic acids is 6. The minimum Gasteiger partial charge on any atom is -0.481 e. The number of rotatable bonds is 21. The first-order valence-electron chi connectivity index (χ1n) is 13.2. The molecule has 0 aromatic rings. The number of carbonyl (C=O) groups is 10. The Morgan fingerprint density at radius 3 is 1.42 bits per heavy atom. The molecule has 252 valence electrons. The minimum absolute atomic E-state index is 0.420. The maximum Gasteiger partial charge on any atom is 0.326 e. The topological polar surface area (TPSA) is 364 Å². The molecule has 0 aliphatic heterocycles. The van der Waals surface area contributed by atoms with Crippen molar-refractivity contribution in [1.29, 1.82) is 0 Å². The lowest BCUT2D eigenvalue weighted by molar-refractivity contribution is -0.144. The van der Waals surface area contributed by atoms with Gasteiger partial charge in [-0.1, -0.05) is 0 Å². The zero-order valence-electron chi connectivity index (χ0n) is 24.2. The second-order valence-corrected chi connectivity index (χ2v) is 9.72. The summed E-state index contributed by atoms with van der Waals surface area (Å²) in [4.78, 5) is 118. The third-order valence-electron chi connectivity index (χ3n) is 5.82. The summed E-state index contributed by atoms with van der Waals surface area (Å²) in [5, 5.41) is 46.6. The first kappa shape index (κ1) is 39.7. The summed E-state index contributed by atoms with van der Waals surface area (Å²) >= 11 is 0. The van der Waals surface area contributed by atoms with E-state index in [0.717, 1.165) is 13.8 Å². The first-order valence-corrected chi connectivity index (χ1v) is 13.2. The van der Waals surface area contributed by atoms with Gasteiger partial charge in [0.2, 0.25) is 35.4 Å². The SMILES string of the molecule is C[C@H](NC(=O)[C@H](C)NC(=O)[C@H](CCC(=O)O)NC(=O)[C@@H](N)CC(=O)O)C(=O)N[C@@H](CC(=O)O)C(=O)N[C@@H](CCC(N)=O)C(=O)O. The molecule has 0 aliphatic rings. The molecular weight excluding hydrogens is 610 g/mol. The molecule has 0 heterocycles. The molecule has 6 atom stereocenters. The van der Waals surface area contributed by atoms with Gasteiger partial charge in [-0.3, -0.25) is 43.2 Å². The van der Waals surface area contributed by atoms with Gasteiger partial charge in [-0.05, 0) is 26.7 Å². The lowest BCUT2D eigenvalue weighted by Crippen LogP contribution is -2.58. The van der Waals surface area contributed by atoms with Crippen LogP contribution in [0.15, 0.2) is 0 Å². The summed E-state index contributed by atoms with van der Waals surface area (Å²) in [6.45, 7) is 2.28. The number of primary amides is 1. The average Bonchev–Trinajstić information content (AvgIpc) is 2.91. The lowest BCUT2D eigenvalue weighted by atomic mass is 10.1. The van der Waals surface area contributed by atoms with Crippen molar-refractivity contribution in [3.63, 3.8) is 0 Å². The highest BCUT2D eigenvalue weighted by Gasteiger charge is 2.31. The predicted octanol–water partition coefficient (Wildman–Crippen LogP) is -5.06. The third-order valence-corrected chi connectivity index (χ3v) is 5.82. The second-order valence-electron chi connectivity index (χ2n) is 9.72. The van der Waals surface area contributed by atoms with E-state index in [9.17, 15) is 53.1 Å². The maximum atomic E-state index is 12.7. The van der Waals surface area contributed by atoms with Gasteiger partial charge in [-0.2, -0.15) is 0 Å². The predicted molar refractivity (Wildman–Crippen MR) is 146 cm³/mol. The van der Waals surface area contributed by atoms with Crippen LogP contribution in [0.4, 0.5) is 0 Å². The molecule has 0 bridgehead atoms. The fourth-order valence-electron chi connectivity index (χ4n) is 3.38. The maximum absolute atomic E-state index is 12.7. The summed E-state index contributed by atoms with van der Waals surface area (Å²) in [5.41, 5.74) is 10.4. The van der Waals surface area contributed by atoms with E-state index >= 15 is 0 Å². The molecule has 0 saturated heterocycles. The van der Waals surface area contributed by atoms with Crippen molar-refractivity contribution in [2.45, 2.75) is 88.6 Å². The van der Waals surface area contributed by atoms with Crippen LogP contribution in [0.25, 0.3) is 0 Å². The van der Waals surface area contributed by atoms with Crippen molar-refractivity contribution in [3.8, 4) is 0 Å². The highest BCUT2D eigenvalue weighted by Crippen LogP contribution is 2.03. The van der Waals surface area contributed by atoms with Crippen LogP contribution in [0.1, 0.15) is 52.4 Å². The Hall–Kier alpha value is -5.34. The molecule has 0 rings (SSSR count). The summed E-state index contributed by atoms with van der Waals surface area (Å²) in [6, 6.07) is -9.44. The molecule has 45 heavy (non-hydrogen) atoms. The molecule has 21 heteroatoms. The van der Waals surface area contributed by atoms with Crippen molar-refractivity contribution in [1.82, 2.24) is 26.6 Å². The standard InChI is InChI=1S/C24H37N7O14/c1-9(28-22(42)12(4-6-16(33)34)29-21(41)11(25)7-17(35)36)19(39)27-10(2)20(40)31-14(8-18(37)38)23(43)30-13(24(44)45)3-5-15(26)32/h9-14H,3-8,25H2,1-2H3,(H2,26,32)(H,27,39)(H,28,42)(H,29,41)(H,30,43)(H,31,40)(H,33,34)(H,35,36)(H,37,38)(H,44,45)/t9-,10-,11-,12-,13-,14-/m0/s1. The number of carboxylic acid groups (broad SMARTS) is 4. The molecule has 13 N–H and O–H groups in total.